The number of hydrogen-bond acceptors (Lipinski definition) is 4. The molecule has 1 atom stereocenters. The Labute approximate surface area is 145 Å². The molecule has 0 amide bonds. The van der Waals surface area contributed by atoms with Crippen LogP contribution in [0.3, 0.4) is 0 Å². The van der Waals surface area contributed by atoms with Crippen LogP contribution in [-0.4, -0.2) is 30.8 Å². The van der Waals surface area contributed by atoms with Crippen molar-refractivity contribution in [3.8, 4) is 11.5 Å². The molecule has 0 saturated heterocycles. The van der Waals surface area contributed by atoms with Gasteiger partial charge in [0.25, 0.3) is 0 Å². The van der Waals surface area contributed by atoms with E-state index in [1.54, 1.807) is 13.2 Å². The highest BCUT2D eigenvalue weighted by molar-refractivity contribution is 9.10. The van der Waals surface area contributed by atoms with Gasteiger partial charge in [-0.05, 0) is 46.0 Å². The van der Waals surface area contributed by atoms with Gasteiger partial charge < -0.3 is 19.9 Å². The normalized spacial score (nSPS) is 12.0. The number of aliphatic carboxylic acids is 1. The van der Waals surface area contributed by atoms with Gasteiger partial charge in [0.1, 0.15) is 12.6 Å². The lowest BCUT2D eigenvalue weighted by molar-refractivity contribution is -0.140. The minimum Gasteiger partial charge on any atom is -0.493 e. The summed E-state index contributed by atoms with van der Waals surface area (Å²) < 4.78 is 11.7. The van der Waals surface area contributed by atoms with Crippen LogP contribution >= 0.6 is 15.9 Å². The predicted molar refractivity (Wildman–Crippen MR) is 94.1 cm³/mol. The Morgan fingerprint density at radius 1 is 1.48 bits per heavy atom. The lowest BCUT2D eigenvalue weighted by Gasteiger charge is -2.18. The summed E-state index contributed by atoms with van der Waals surface area (Å²) in [4.78, 5) is 11.3. The maximum absolute atomic E-state index is 11.3. The van der Waals surface area contributed by atoms with Crippen molar-refractivity contribution in [2.24, 2.45) is 5.92 Å². The second-order valence-electron chi connectivity index (χ2n) is 5.61. The van der Waals surface area contributed by atoms with E-state index in [4.69, 9.17) is 9.47 Å². The van der Waals surface area contributed by atoms with Crippen molar-refractivity contribution in [1.82, 2.24) is 5.32 Å². The average Bonchev–Trinajstić information content (AvgIpc) is 2.49. The molecule has 0 aromatic heterocycles. The van der Waals surface area contributed by atoms with E-state index >= 15 is 0 Å². The standard InChI is InChI=1S/C17H24BrNO4/c1-5-6-23-16-13(18)8-12(9-15(16)22-4)10-19-14(17(20)21)7-11(2)3/h5,8-9,11,14,19H,1,6-7,10H2,2-4H3,(H,20,21)/t14-/m1/s1. The van der Waals surface area contributed by atoms with Crippen molar-refractivity contribution >= 4 is 21.9 Å². The molecule has 0 aliphatic heterocycles. The fraction of sp³-hybridized carbons (Fsp3) is 0.471. The number of carboxylic acid groups (broad SMARTS) is 1. The topological polar surface area (TPSA) is 67.8 Å². The zero-order valence-corrected chi connectivity index (χ0v) is 15.4. The third-order valence-corrected chi connectivity index (χ3v) is 3.78. The summed E-state index contributed by atoms with van der Waals surface area (Å²) in [5, 5.41) is 12.3. The molecule has 0 aliphatic rings. The zero-order valence-electron chi connectivity index (χ0n) is 13.8. The Kier molecular flexibility index (Phi) is 8.12. The molecule has 2 N–H and O–H groups in total. The van der Waals surface area contributed by atoms with Gasteiger partial charge in [-0.3, -0.25) is 4.79 Å². The molecular formula is C17H24BrNO4. The van der Waals surface area contributed by atoms with E-state index in [9.17, 15) is 9.90 Å². The summed E-state index contributed by atoms with van der Waals surface area (Å²) in [7, 11) is 1.57. The second kappa shape index (κ2) is 9.57. The van der Waals surface area contributed by atoms with Gasteiger partial charge in [-0.2, -0.15) is 0 Å². The predicted octanol–water partition coefficient (Wildman–Crippen LogP) is 3.61. The fourth-order valence-corrected chi connectivity index (χ4v) is 2.75. The number of methoxy groups -OCH3 is 1. The Balaban J connectivity index is 2.86. The molecule has 0 aliphatic carbocycles. The van der Waals surface area contributed by atoms with Gasteiger partial charge in [0.15, 0.2) is 11.5 Å². The van der Waals surface area contributed by atoms with E-state index in [1.807, 2.05) is 26.0 Å². The third-order valence-electron chi connectivity index (χ3n) is 3.19. The van der Waals surface area contributed by atoms with E-state index in [0.29, 0.717) is 37.0 Å². The van der Waals surface area contributed by atoms with Crippen LogP contribution in [0.25, 0.3) is 0 Å². The first-order chi connectivity index (χ1) is 10.9. The van der Waals surface area contributed by atoms with Gasteiger partial charge in [0.2, 0.25) is 0 Å². The zero-order chi connectivity index (χ0) is 17.4. The van der Waals surface area contributed by atoms with Crippen LogP contribution in [0.15, 0.2) is 29.3 Å². The highest BCUT2D eigenvalue weighted by Crippen LogP contribution is 2.36. The first-order valence-corrected chi connectivity index (χ1v) is 8.24. The van der Waals surface area contributed by atoms with Crippen molar-refractivity contribution in [2.75, 3.05) is 13.7 Å². The average molecular weight is 386 g/mol. The largest absolute Gasteiger partial charge is 0.493 e. The number of halogens is 1. The third kappa shape index (κ3) is 6.23. The van der Waals surface area contributed by atoms with Gasteiger partial charge in [-0.1, -0.05) is 26.5 Å². The summed E-state index contributed by atoms with van der Waals surface area (Å²) >= 11 is 3.46. The van der Waals surface area contributed by atoms with Crippen molar-refractivity contribution < 1.29 is 19.4 Å². The molecule has 23 heavy (non-hydrogen) atoms. The highest BCUT2D eigenvalue weighted by Gasteiger charge is 2.19. The van der Waals surface area contributed by atoms with Crippen molar-refractivity contribution in [1.29, 1.82) is 0 Å². The van der Waals surface area contributed by atoms with Gasteiger partial charge in [0, 0.05) is 6.54 Å². The van der Waals surface area contributed by atoms with Gasteiger partial charge in [-0.15, -0.1) is 0 Å². The molecule has 6 heteroatoms. The van der Waals surface area contributed by atoms with Crippen LogP contribution < -0.4 is 14.8 Å². The molecule has 1 aromatic carbocycles. The SMILES string of the molecule is C=CCOc1c(Br)cc(CN[C@H](CC(C)C)C(=O)O)cc1OC. The first-order valence-electron chi connectivity index (χ1n) is 7.45. The quantitative estimate of drug-likeness (QED) is 0.602. The summed E-state index contributed by atoms with van der Waals surface area (Å²) in [6, 6.07) is 3.16. The van der Waals surface area contributed by atoms with E-state index < -0.39 is 12.0 Å². The number of ether oxygens (including phenoxy) is 2. The molecule has 0 saturated carbocycles. The number of carboxylic acids is 1. The van der Waals surface area contributed by atoms with Crippen LogP contribution in [0.5, 0.6) is 11.5 Å². The Morgan fingerprint density at radius 2 is 2.17 bits per heavy atom. The van der Waals surface area contributed by atoms with E-state index in [1.165, 1.54) is 0 Å². The summed E-state index contributed by atoms with van der Waals surface area (Å²) in [5.74, 6) is 0.664. The number of benzene rings is 1. The monoisotopic (exact) mass is 385 g/mol. The summed E-state index contributed by atoms with van der Waals surface area (Å²) in [5.41, 5.74) is 0.912. The molecule has 0 unspecified atom stereocenters. The van der Waals surface area contributed by atoms with Crippen LogP contribution in [0, 0.1) is 5.92 Å². The lowest BCUT2D eigenvalue weighted by atomic mass is 10.0. The van der Waals surface area contributed by atoms with E-state index in [-0.39, 0.29) is 0 Å². The minimum absolute atomic E-state index is 0.305. The molecule has 5 nitrogen and oxygen atoms in total. The van der Waals surface area contributed by atoms with Gasteiger partial charge in [0.05, 0.1) is 11.6 Å². The minimum atomic E-state index is -0.837. The van der Waals surface area contributed by atoms with Gasteiger partial charge >= 0.3 is 5.97 Å². The molecular weight excluding hydrogens is 362 g/mol. The molecule has 0 radical (unpaired) electrons. The Bertz CT molecular complexity index is 546. The molecule has 1 aromatic rings. The van der Waals surface area contributed by atoms with E-state index in [0.717, 1.165) is 10.0 Å². The molecule has 0 bridgehead atoms. The maximum atomic E-state index is 11.3. The number of nitrogens with one attached hydrogen (secondary N) is 1. The van der Waals surface area contributed by atoms with Crippen molar-refractivity contribution in [3.63, 3.8) is 0 Å². The van der Waals surface area contributed by atoms with Crippen molar-refractivity contribution in [2.45, 2.75) is 32.9 Å². The van der Waals surface area contributed by atoms with Gasteiger partial charge in [-0.25, -0.2) is 0 Å². The second-order valence-corrected chi connectivity index (χ2v) is 6.46. The fourth-order valence-electron chi connectivity index (χ4n) is 2.14. The highest BCUT2D eigenvalue weighted by atomic mass is 79.9. The Hall–Kier alpha value is -1.53. The molecule has 0 fully saturated rings. The van der Waals surface area contributed by atoms with Crippen LogP contribution in [0.2, 0.25) is 0 Å². The van der Waals surface area contributed by atoms with Crippen LogP contribution in [0.1, 0.15) is 25.8 Å². The van der Waals surface area contributed by atoms with Crippen LogP contribution in [-0.2, 0) is 11.3 Å². The summed E-state index contributed by atoms with van der Waals surface area (Å²) in [6.45, 7) is 8.43. The smallest absolute Gasteiger partial charge is 0.320 e. The lowest BCUT2D eigenvalue weighted by Crippen LogP contribution is -2.37. The number of rotatable bonds is 10. The summed E-state index contributed by atoms with van der Waals surface area (Å²) in [6.07, 6.45) is 2.24. The number of hydrogen-bond donors (Lipinski definition) is 2. The molecule has 0 heterocycles. The first kappa shape index (κ1) is 19.5. The Morgan fingerprint density at radius 3 is 2.70 bits per heavy atom. The van der Waals surface area contributed by atoms with Crippen LogP contribution in [0.4, 0.5) is 0 Å². The van der Waals surface area contributed by atoms with Crippen molar-refractivity contribution in [3.05, 3.63) is 34.8 Å². The molecule has 0 spiro atoms. The molecule has 1 rings (SSSR count). The maximum Gasteiger partial charge on any atom is 0.320 e. The molecule has 128 valence electrons. The van der Waals surface area contributed by atoms with E-state index in [2.05, 4.69) is 27.8 Å². The number of carbonyl (C=O) groups is 1.